The molecule has 0 atom stereocenters. The molecule has 1 saturated heterocycles. The first kappa shape index (κ1) is 20.2. The second-order valence-electron chi connectivity index (χ2n) is 8.31. The molecule has 0 bridgehead atoms. The van der Waals surface area contributed by atoms with Crippen molar-refractivity contribution in [3.63, 3.8) is 0 Å². The number of aromatic nitrogens is 5. The molecule has 5 heterocycles. The Labute approximate surface area is 187 Å². The summed E-state index contributed by atoms with van der Waals surface area (Å²) in [5.41, 5.74) is 8.17. The summed E-state index contributed by atoms with van der Waals surface area (Å²) in [6, 6.07) is 7.97. The minimum absolute atomic E-state index is 0.697. The van der Waals surface area contributed by atoms with Crippen LogP contribution in [0.1, 0.15) is 36.1 Å². The normalized spacial score (nSPS) is 14.0. The van der Waals surface area contributed by atoms with Gasteiger partial charge in [0.05, 0.1) is 16.9 Å². The van der Waals surface area contributed by atoms with Crippen molar-refractivity contribution in [1.29, 1.82) is 0 Å². The van der Waals surface area contributed by atoms with E-state index in [0.29, 0.717) is 11.4 Å². The second-order valence-corrected chi connectivity index (χ2v) is 8.31. The highest BCUT2D eigenvalue weighted by Crippen LogP contribution is 2.30. The first-order chi connectivity index (χ1) is 15.6. The highest BCUT2D eigenvalue weighted by Gasteiger charge is 2.18. The third-order valence-electron chi connectivity index (χ3n) is 6.13. The van der Waals surface area contributed by atoms with Crippen LogP contribution in [0.3, 0.4) is 0 Å². The Balaban J connectivity index is 1.46. The van der Waals surface area contributed by atoms with Crippen molar-refractivity contribution in [1.82, 2.24) is 25.1 Å². The molecule has 32 heavy (non-hydrogen) atoms. The molecule has 162 valence electrons. The summed E-state index contributed by atoms with van der Waals surface area (Å²) in [4.78, 5) is 16.2. The van der Waals surface area contributed by atoms with Gasteiger partial charge in [-0.3, -0.25) is 10.1 Å². The van der Waals surface area contributed by atoms with E-state index >= 15 is 0 Å². The van der Waals surface area contributed by atoms with Crippen LogP contribution >= 0.6 is 0 Å². The molecule has 0 amide bonds. The number of aryl methyl sites for hydroxylation is 1. The maximum absolute atomic E-state index is 4.89. The number of aromatic amines is 1. The number of fused-ring (bicyclic) bond motifs is 1. The average molecular weight is 426 g/mol. The minimum Gasteiger partial charge on any atom is -0.356 e. The molecule has 4 aromatic heterocycles. The zero-order valence-corrected chi connectivity index (χ0v) is 18.5. The van der Waals surface area contributed by atoms with E-state index in [1.165, 1.54) is 19.3 Å². The van der Waals surface area contributed by atoms with Crippen LogP contribution in [0.15, 0.2) is 49.4 Å². The van der Waals surface area contributed by atoms with Gasteiger partial charge in [0, 0.05) is 48.5 Å². The lowest BCUT2D eigenvalue weighted by Crippen LogP contribution is -2.30. The zero-order valence-electron chi connectivity index (χ0n) is 18.5. The van der Waals surface area contributed by atoms with E-state index in [2.05, 4.69) is 50.8 Å². The molecule has 1 aliphatic heterocycles. The fraction of sp³-hybridized carbons (Fsp3) is 0.280. The number of H-pyrrole nitrogens is 1. The lowest BCUT2D eigenvalue weighted by molar-refractivity contribution is 0.572. The predicted molar refractivity (Wildman–Crippen MR) is 130 cm³/mol. The van der Waals surface area contributed by atoms with Gasteiger partial charge in [-0.25, -0.2) is 9.97 Å². The van der Waals surface area contributed by atoms with E-state index in [4.69, 9.17) is 4.98 Å². The molecule has 2 N–H and O–H groups in total. The van der Waals surface area contributed by atoms with Gasteiger partial charge in [0.15, 0.2) is 0 Å². The molecule has 1 fully saturated rings. The van der Waals surface area contributed by atoms with Crippen LogP contribution < -0.4 is 10.2 Å². The van der Waals surface area contributed by atoms with E-state index in [-0.39, 0.29) is 0 Å². The van der Waals surface area contributed by atoms with Gasteiger partial charge in [-0.15, -0.1) is 0 Å². The quantitative estimate of drug-likeness (QED) is 0.463. The highest BCUT2D eigenvalue weighted by atomic mass is 15.2. The molecule has 0 spiro atoms. The van der Waals surface area contributed by atoms with Crippen molar-refractivity contribution in [3.8, 4) is 11.3 Å². The standard InChI is InChI=1S/C25H27N7/c1-16-9-11-26-15-19(16)21-7-8-22-24(29-21)23(31-30-22)18(3)28-20-10-12-27-25(17(20)2)32-13-5-4-6-14-32/h7-12,15H,3-6,13-14H2,1-2H3,(H,27,28)(H,30,31). The third-order valence-corrected chi connectivity index (χ3v) is 6.13. The monoisotopic (exact) mass is 425 g/mol. The maximum Gasteiger partial charge on any atom is 0.134 e. The van der Waals surface area contributed by atoms with Crippen molar-refractivity contribution < 1.29 is 0 Å². The third kappa shape index (κ3) is 3.70. The van der Waals surface area contributed by atoms with Gasteiger partial charge in [0.1, 0.15) is 17.0 Å². The first-order valence-electron chi connectivity index (χ1n) is 11.0. The van der Waals surface area contributed by atoms with E-state index in [0.717, 1.165) is 58.0 Å². The molecule has 4 aromatic rings. The van der Waals surface area contributed by atoms with Crippen LogP contribution in [0.5, 0.6) is 0 Å². The van der Waals surface area contributed by atoms with E-state index in [1.54, 1.807) is 6.20 Å². The fourth-order valence-corrected chi connectivity index (χ4v) is 4.30. The smallest absolute Gasteiger partial charge is 0.134 e. The van der Waals surface area contributed by atoms with Crippen molar-refractivity contribution >= 4 is 28.2 Å². The van der Waals surface area contributed by atoms with Crippen LogP contribution in [0.4, 0.5) is 11.5 Å². The van der Waals surface area contributed by atoms with E-state index in [9.17, 15) is 0 Å². The van der Waals surface area contributed by atoms with Crippen LogP contribution in [-0.2, 0) is 0 Å². The maximum atomic E-state index is 4.89. The second kappa shape index (κ2) is 8.42. The Morgan fingerprint density at radius 3 is 2.72 bits per heavy atom. The summed E-state index contributed by atoms with van der Waals surface area (Å²) in [7, 11) is 0. The molecule has 0 radical (unpaired) electrons. The Morgan fingerprint density at radius 1 is 1.06 bits per heavy atom. The van der Waals surface area contributed by atoms with Crippen molar-refractivity contribution in [2.24, 2.45) is 0 Å². The molecule has 1 aliphatic rings. The Hall–Kier alpha value is -3.74. The van der Waals surface area contributed by atoms with Gasteiger partial charge in [0.2, 0.25) is 0 Å². The van der Waals surface area contributed by atoms with Crippen LogP contribution in [-0.4, -0.2) is 38.2 Å². The number of piperidine rings is 1. The predicted octanol–water partition coefficient (Wildman–Crippen LogP) is 5.10. The molecule has 7 nitrogen and oxygen atoms in total. The van der Waals surface area contributed by atoms with Crippen molar-refractivity contribution in [3.05, 3.63) is 66.3 Å². The molecule has 5 rings (SSSR count). The molecular formula is C25H27N7. The number of hydrogen-bond acceptors (Lipinski definition) is 6. The fourth-order valence-electron chi connectivity index (χ4n) is 4.30. The summed E-state index contributed by atoms with van der Waals surface area (Å²) in [5.74, 6) is 1.04. The highest BCUT2D eigenvalue weighted by molar-refractivity contribution is 5.91. The largest absolute Gasteiger partial charge is 0.356 e. The number of hydrogen-bond donors (Lipinski definition) is 2. The molecular weight excluding hydrogens is 398 g/mol. The van der Waals surface area contributed by atoms with Gasteiger partial charge >= 0.3 is 0 Å². The summed E-state index contributed by atoms with van der Waals surface area (Å²) < 4.78 is 0. The molecule has 0 aromatic carbocycles. The first-order valence-corrected chi connectivity index (χ1v) is 11.0. The van der Waals surface area contributed by atoms with Gasteiger partial charge in [-0.1, -0.05) is 6.58 Å². The number of rotatable bonds is 5. The number of nitrogens with zero attached hydrogens (tertiary/aromatic N) is 5. The SMILES string of the molecule is C=C(Nc1ccnc(N2CCCCC2)c1C)c1n[nH]c2ccc(-c3cnccc3C)nc12. The Kier molecular flexibility index (Phi) is 5.31. The molecule has 0 saturated carbocycles. The zero-order chi connectivity index (χ0) is 22.1. The number of anilines is 2. The van der Waals surface area contributed by atoms with Gasteiger partial charge < -0.3 is 10.2 Å². The van der Waals surface area contributed by atoms with Crippen molar-refractivity contribution in [2.45, 2.75) is 33.1 Å². The van der Waals surface area contributed by atoms with Crippen LogP contribution in [0.2, 0.25) is 0 Å². The summed E-state index contributed by atoms with van der Waals surface area (Å²) >= 11 is 0. The molecule has 0 aliphatic carbocycles. The van der Waals surface area contributed by atoms with E-state index in [1.807, 2.05) is 36.7 Å². The lowest BCUT2D eigenvalue weighted by atomic mass is 10.1. The van der Waals surface area contributed by atoms with Gasteiger partial charge in [-0.2, -0.15) is 5.10 Å². The van der Waals surface area contributed by atoms with E-state index < -0.39 is 0 Å². The van der Waals surface area contributed by atoms with Gasteiger partial charge in [0.25, 0.3) is 0 Å². The summed E-state index contributed by atoms with van der Waals surface area (Å²) in [6.45, 7) is 10.6. The molecule has 0 unspecified atom stereocenters. The topological polar surface area (TPSA) is 82.6 Å². The van der Waals surface area contributed by atoms with Crippen molar-refractivity contribution in [2.75, 3.05) is 23.3 Å². The molecule has 7 heteroatoms. The minimum atomic E-state index is 0.697. The van der Waals surface area contributed by atoms with Gasteiger partial charge in [-0.05, 0) is 62.9 Å². The number of nitrogens with one attached hydrogen (secondary N) is 2. The Morgan fingerprint density at radius 2 is 1.91 bits per heavy atom. The average Bonchev–Trinajstić information content (AvgIpc) is 3.25. The van der Waals surface area contributed by atoms with Crippen LogP contribution in [0, 0.1) is 13.8 Å². The summed E-state index contributed by atoms with van der Waals surface area (Å²) in [5, 5.41) is 11.0. The van der Waals surface area contributed by atoms with Crippen LogP contribution in [0.25, 0.3) is 28.0 Å². The summed E-state index contributed by atoms with van der Waals surface area (Å²) in [6.07, 6.45) is 9.23. The lowest BCUT2D eigenvalue weighted by Gasteiger charge is -2.29. The number of pyridine rings is 3. The Bertz CT molecular complexity index is 1280.